The van der Waals surface area contributed by atoms with Gasteiger partial charge in [0.1, 0.15) is 5.02 Å². The first-order valence-electron chi connectivity index (χ1n) is 6.61. The van der Waals surface area contributed by atoms with Crippen LogP contribution < -0.4 is 11.2 Å². The van der Waals surface area contributed by atoms with Crippen molar-refractivity contribution in [1.29, 1.82) is 0 Å². The minimum absolute atomic E-state index is 0.0474. The highest BCUT2D eigenvalue weighted by Crippen LogP contribution is 2.34. The van der Waals surface area contributed by atoms with Crippen LogP contribution in [0.3, 0.4) is 0 Å². The molecule has 0 radical (unpaired) electrons. The number of hydrogen-bond donors (Lipinski definition) is 2. The van der Waals surface area contributed by atoms with Gasteiger partial charge in [-0.25, -0.2) is 10.4 Å². The highest BCUT2D eigenvalue weighted by Gasteiger charge is 2.19. The molecule has 3 N–H and O–H groups in total. The van der Waals surface area contributed by atoms with Gasteiger partial charge >= 0.3 is 0 Å². The third-order valence-corrected chi connectivity index (χ3v) is 4.24. The SMILES string of the molecule is CC(=NNC(=O)c1nc(Cl)c(Cl)c(N)c1Cl)c1ccc([N+](=O)[O-])cc1. The number of nitrogens with zero attached hydrogens (tertiary/aromatic N) is 3. The summed E-state index contributed by atoms with van der Waals surface area (Å²) in [6.45, 7) is 1.61. The van der Waals surface area contributed by atoms with Gasteiger partial charge in [0.2, 0.25) is 0 Å². The number of non-ortho nitro benzene ring substituents is 1. The van der Waals surface area contributed by atoms with Gasteiger partial charge in [0.05, 0.1) is 21.3 Å². The van der Waals surface area contributed by atoms with Crippen LogP contribution in [0.5, 0.6) is 0 Å². The lowest BCUT2D eigenvalue weighted by molar-refractivity contribution is -0.384. The minimum atomic E-state index is -0.739. The van der Waals surface area contributed by atoms with E-state index in [2.05, 4.69) is 15.5 Å². The number of halogens is 3. The Labute approximate surface area is 156 Å². The molecule has 0 bridgehead atoms. The maximum absolute atomic E-state index is 12.1. The number of nitro groups is 1. The van der Waals surface area contributed by atoms with Gasteiger partial charge in [-0.2, -0.15) is 5.10 Å². The number of anilines is 1. The fraction of sp³-hybridized carbons (Fsp3) is 0.0714. The third kappa shape index (κ3) is 4.16. The van der Waals surface area contributed by atoms with Crippen LogP contribution in [0.1, 0.15) is 23.0 Å². The van der Waals surface area contributed by atoms with E-state index in [4.69, 9.17) is 40.5 Å². The largest absolute Gasteiger partial charge is 0.396 e. The number of nitrogens with one attached hydrogen (secondary N) is 1. The summed E-state index contributed by atoms with van der Waals surface area (Å²) in [4.78, 5) is 26.0. The number of hydrogen-bond acceptors (Lipinski definition) is 6. The molecular weight excluding hydrogens is 393 g/mol. The van der Waals surface area contributed by atoms with E-state index < -0.39 is 10.8 Å². The summed E-state index contributed by atoms with van der Waals surface area (Å²) in [5.74, 6) is -0.739. The normalized spacial score (nSPS) is 11.3. The molecule has 8 nitrogen and oxygen atoms in total. The topological polar surface area (TPSA) is 124 Å². The van der Waals surface area contributed by atoms with E-state index in [1.54, 1.807) is 6.92 Å². The van der Waals surface area contributed by atoms with E-state index in [0.29, 0.717) is 11.3 Å². The smallest absolute Gasteiger partial charge is 0.291 e. The molecule has 0 unspecified atom stereocenters. The number of benzene rings is 1. The second-order valence-corrected chi connectivity index (χ2v) is 5.85. The Balaban J connectivity index is 2.21. The molecular formula is C14H10Cl3N5O3. The highest BCUT2D eigenvalue weighted by molar-refractivity contribution is 6.46. The second kappa shape index (κ2) is 7.64. The maximum Gasteiger partial charge on any atom is 0.291 e. The van der Waals surface area contributed by atoms with E-state index >= 15 is 0 Å². The number of carbonyl (C=O) groups excluding carboxylic acids is 1. The maximum atomic E-state index is 12.1. The van der Waals surface area contributed by atoms with E-state index in [1.165, 1.54) is 24.3 Å². The van der Waals surface area contributed by atoms with E-state index in [-0.39, 0.29) is 32.3 Å². The van der Waals surface area contributed by atoms with Gasteiger partial charge in [-0.1, -0.05) is 34.8 Å². The molecule has 1 heterocycles. The molecule has 25 heavy (non-hydrogen) atoms. The van der Waals surface area contributed by atoms with Crippen molar-refractivity contribution in [3.05, 3.63) is 60.8 Å². The quantitative estimate of drug-likeness (QED) is 0.349. The average molecular weight is 403 g/mol. The van der Waals surface area contributed by atoms with Crippen LogP contribution in [-0.2, 0) is 0 Å². The summed E-state index contributed by atoms with van der Waals surface area (Å²) in [7, 11) is 0. The molecule has 0 fully saturated rings. The molecule has 0 aliphatic carbocycles. The lowest BCUT2D eigenvalue weighted by Crippen LogP contribution is -2.21. The molecule has 2 rings (SSSR count). The summed E-state index contributed by atoms with van der Waals surface area (Å²) >= 11 is 17.5. The Morgan fingerprint density at radius 1 is 1.24 bits per heavy atom. The summed E-state index contributed by atoms with van der Waals surface area (Å²) in [5.41, 5.74) is 8.55. The number of nitrogen functional groups attached to an aromatic ring is 1. The Morgan fingerprint density at radius 3 is 2.40 bits per heavy atom. The molecule has 1 aromatic heterocycles. The molecule has 0 saturated carbocycles. The van der Waals surface area contributed by atoms with Gasteiger partial charge in [0, 0.05) is 12.1 Å². The molecule has 1 amide bonds. The Bertz CT molecular complexity index is 884. The minimum Gasteiger partial charge on any atom is -0.396 e. The van der Waals surface area contributed by atoms with Crippen molar-refractivity contribution in [3.8, 4) is 0 Å². The zero-order valence-corrected chi connectivity index (χ0v) is 14.9. The average Bonchev–Trinajstić information content (AvgIpc) is 2.60. The molecule has 0 saturated heterocycles. The predicted octanol–water partition coefficient (Wildman–Crippen LogP) is 3.69. The van der Waals surface area contributed by atoms with Crippen molar-refractivity contribution in [3.63, 3.8) is 0 Å². The summed E-state index contributed by atoms with van der Waals surface area (Å²) in [5, 5.41) is 14.2. The first-order chi connectivity index (χ1) is 11.7. The molecule has 0 aliphatic heterocycles. The number of pyridine rings is 1. The number of rotatable bonds is 4. The highest BCUT2D eigenvalue weighted by atomic mass is 35.5. The van der Waals surface area contributed by atoms with Gasteiger partial charge < -0.3 is 5.73 Å². The number of amides is 1. The fourth-order valence-corrected chi connectivity index (χ4v) is 2.35. The van der Waals surface area contributed by atoms with Crippen LogP contribution in [0.15, 0.2) is 29.4 Å². The van der Waals surface area contributed by atoms with E-state index in [9.17, 15) is 14.9 Å². The van der Waals surface area contributed by atoms with Crippen LogP contribution in [0.4, 0.5) is 11.4 Å². The summed E-state index contributed by atoms with van der Waals surface area (Å²) < 4.78 is 0. The lowest BCUT2D eigenvalue weighted by Gasteiger charge is -2.08. The first kappa shape index (κ1) is 18.9. The Hall–Kier alpha value is -2.42. The zero-order valence-electron chi connectivity index (χ0n) is 12.6. The van der Waals surface area contributed by atoms with Crippen LogP contribution >= 0.6 is 34.8 Å². The molecule has 1 aromatic carbocycles. The van der Waals surface area contributed by atoms with E-state index in [1.807, 2.05) is 0 Å². The Kier molecular flexibility index (Phi) is 5.78. The van der Waals surface area contributed by atoms with Gasteiger partial charge in [-0.15, -0.1) is 0 Å². The number of nitrogens with two attached hydrogens (primary N) is 1. The van der Waals surface area contributed by atoms with E-state index in [0.717, 1.165) is 0 Å². The standard InChI is InChI=1S/C14H10Cl3N5O3/c1-6(7-2-4-8(5-3-7)22(24)25)20-21-14(23)12-9(15)11(18)10(16)13(17)19-12/h2-5H,1H3,(H2,18,19)(H,21,23). The Morgan fingerprint density at radius 2 is 1.84 bits per heavy atom. The summed E-state index contributed by atoms with van der Waals surface area (Å²) in [6.07, 6.45) is 0. The van der Waals surface area contributed by atoms with Crippen molar-refractivity contribution in [2.75, 3.05) is 5.73 Å². The monoisotopic (exact) mass is 401 g/mol. The number of nitro benzene ring substituents is 1. The van der Waals surface area contributed by atoms with Crippen molar-refractivity contribution in [1.82, 2.24) is 10.4 Å². The fourth-order valence-electron chi connectivity index (χ4n) is 1.76. The van der Waals surface area contributed by atoms with Crippen LogP contribution in [0.2, 0.25) is 15.2 Å². The molecule has 0 atom stereocenters. The number of hydrazone groups is 1. The van der Waals surface area contributed by atoms with Gasteiger partial charge in [-0.05, 0) is 24.6 Å². The third-order valence-electron chi connectivity index (χ3n) is 3.11. The van der Waals surface area contributed by atoms with Crippen molar-refractivity contribution in [2.24, 2.45) is 5.10 Å². The molecule has 0 spiro atoms. The van der Waals surface area contributed by atoms with Crippen molar-refractivity contribution in [2.45, 2.75) is 6.92 Å². The van der Waals surface area contributed by atoms with Crippen molar-refractivity contribution < 1.29 is 9.72 Å². The molecule has 130 valence electrons. The molecule has 0 aliphatic rings. The van der Waals surface area contributed by atoms with Gasteiger partial charge in [0.15, 0.2) is 10.8 Å². The van der Waals surface area contributed by atoms with Crippen LogP contribution in [0, 0.1) is 10.1 Å². The number of carbonyl (C=O) groups is 1. The molecule has 11 heteroatoms. The molecule has 2 aromatic rings. The predicted molar refractivity (Wildman–Crippen MR) is 96.5 cm³/mol. The zero-order chi connectivity index (χ0) is 18.7. The number of aromatic nitrogens is 1. The second-order valence-electron chi connectivity index (χ2n) is 4.73. The summed E-state index contributed by atoms with van der Waals surface area (Å²) in [6, 6.07) is 5.67. The van der Waals surface area contributed by atoms with Crippen LogP contribution in [-0.4, -0.2) is 21.5 Å². The lowest BCUT2D eigenvalue weighted by atomic mass is 10.1. The van der Waals surface area contributed by atoms with Gasteiger partial charge in [-0.3, -0.25) is 14.9 Å². The van der Waals surface area contributed by atoms with Crippen molar-refractivity contribution >= 4 is 57.8 Å². The van der Waals surface area contributed by atoms with Gasteiger partial charge in [0.25, 0.3) is 11.6 Å². The first-order valence-corrected chi connectivity index (χ1v) is 7.75. The van der Waals surface area contributed by atoms with Crippen LogP contribution in [0.25, 0.3) is 0 Å².